The van der Waals surface area contributed by atoms with Crippen molar-refractivity contribution in [3.8, 4) is 0 Å². The van der Waals surface area contributed by atoms with Gasteiger partial charge in [-0.05, 0) is 25.8 Å². The highest BCUT2D eigenvalue weighted by Crippen LogP contribution is 2.12. The lowest BCUT2D eigenvalue weighted by Crippen LogP contribution is -2.41. The summed E-state index contributed by atoms with van der Waals surface area (Å²) < 4.78 is 16.5. The van der Waals surface area contributed by atoms with Crippen LogP contribution in [0.2, 0.25) is 0 Å². The molecule has 0 aromatic rings. The van der Waals surface area contributed by atoms with Crippen LogP contribution < -0.4 is 10.6 Å². The van der Waals surface area contributed by atoms with Crippen LogP contribution in [0.1, 0.15) is 19.3 Å². The zero-order chi connectivity index (χ0) is 20.7. The van der Waals surface area contributed by atoms with E-state index in [1.165, 1.54) is 0 Å². The topological polar surface area (TPSA) is 87.7 Å². The number of hydrogen-bond acceptors (Lipinski definition) is 6. The monoisotopic (exact) mass is 541 g/mol. The van der Waals surface area contributed by atoms with Gasteiger partial charge in [0.2, 0.25) is 5.91 Å². The molecule has 2 aliphatic heterocycles. The lowest BCUT2D eigenvalue weighted by atomic mass is 10.1. The summed E-state index contributed by atoms with van der Waals surface area (Å²) in [6.07, 6.45) is 3.02. The number of likely N-dealkylation sites (N-methyl/N-ethyl adjacent to an activating group) is 1. The maximum absolute atomic E-state index is 11.8. The fraction of sp³-hybridized carbons (Fsp3) is 0.900. The van der Waals surface area contributed by atoms with Crippen LogP contribution in [0.15, 0.2) is 4.99 Å². The Kier molecular flexibility index (Phi) is 15.4. The second kappa shape index (κ2) is 16.9. The van der Waals surface area contributed by atoms with Gasteiger partial charge in [-0.15, -0.1) is 24.0 Å². The van der Waals surface area contributed by atoms with Crippen LogP contribution >= 0.6 is 24.0 Å². The molecule has 2 fully saturated rings. The third-order valence-corrected chi connectivity index (χ3v) is 5.05. The first-order valence-corrected chi connectivity index (χ1v) is 10.8. The largest absolute Gasteiger partial charge is 0.381 e. The Morgan fingerprint density at radius 2 is 1.87 bits per heavy atom. The molecule has 176 valence electrons. The number of halogens is 1. The van der Waals surface area contributed by atoms with E-state index in [0.29, 0.717) is 18.5 Å². The number of nitrogens with zero attached hydrogens (tertiary/aromatic N) is 3. The van der Waals surface area contributed by atoms with Gasteiger partial charge in [0.05, 0.1) is 26.4 Å². The van der Waals surface area contributed by atoms with Crippen LogP contribution in [0.3, 0.4) is 0 Å². The van der Waals surface area contributed by atoms with Crippen LogP contribution in [0.25, 0.3) is 0 Å². The molecule has 2 aliphatic rings. The summed E-state index contributed by atoms with van der Waals surface area (Å²) in [5, 5.41) is 6.65. The van der Waals surface area contributed by atoms with Gasteiger partial charge in [0.1, 0.15) is 6.54 Å². The molecular weight excluding hydrogens is 501 g/mol. The van der Waals surface area contributed by atoms with Gasteiger partial charge in [-0.1, -0.05) is 0 Å². The number of aliphatic imine (C=N–C) groups is 1. The van der Waals surface area contributed by atoms with E-state index in [-0.39, 0.29) is 36.4 Å². The van der Waals surface area contributed by atoms with Crippen LogP contribution in [0.4, 0.5) is 0 Å². The molecule has 1 unspecified atom stereocenters. The molecule has 2 saturated heterocycles. The molecule has 0 spiro atoms. The van der Waals surface area contributed by atoms with Gasteiger partial charge < -0.3 is 29.7 Å². The van der Waals surface area contributed by atoms with Crippen molar-refractivity contribution in [2.24, 2.45) is 10.9 Å². The summed E-state index contributed by atoms with van der Waals surface area (Å²) in [5.74, 6) is 1.22. The van der Waals surface area contributed by atoms with Gasteiger partial charge in [0.25, 0.3) is 0 Å². The molecule has 0 radical (unpaired) electrons. The predicted octanol–water partition coefficient (Wildman–Crippen LogP) is 0.393. The highest BCUT2D eigenvalue weighted by atomic mass is 127. The number of rotatable bonds is 12. The van der Waals surface area contributed by atoms with E-state index in [0.717, 1.165) is 85.0 Å². The third-order valence-electron chi connectivity index (χ3n) is 5.05. The standard InChI is InChI=1S/C20H39N5O4.HI/c1-24(2)19(26)15-23-20(21-6-3-8-25-9-13-27-14-10-25)22-7-4-11-28-16-18-5-12-29-17-18;/h18H,3-17H2,1-2H3,(H2,21,22,23);1H. The molecule has 0 aliphatic carbocycles. The maximum atomic E-state index is 11.8. The number of carbonyl (C=O) groups is 1. The summed E-state index contributed by atoms with van der Waals surface area (Å²) >= 11 is 0. The fourth-order valence-corrected chi connectivity index (χ4v) is 3.14. The maximum Gasteiger partial charge on any atom is 0.243 e. The first kappa shape index (κ1) is 27.3. The van der Waals surface area contributed by atoms with E-state index in [1.807, 2.05) is 0 Å². The first-order chi connectivity index (χ1) is 14.1. The van der Waals surface area contributed by atoms with Crippen LogP contribution in [0, 0.1) is 5.92 Å². The second-order valence-electron chi connectivity index (χ2n) is 7.77. The van der Waals surface area contributed by atoms with E-state index in [1.54, 1.807) is 19.0 Å². The molecule has 1 atom stereocenters. The molecular formula is C20H40IN5O4. The number of hydrogen-bond donors (Lipinski definition) is 2. The van der Waals surface area contributed by atoms with E-state index >= 15 is 0 Å². The Bertz CT molecular complexity index is 484. The smallest absolute Gasteiger partial charge is 0.243 e. The van der Waals surface area contributed by atoms with E-state index in [4.69, 9.17) is 14.2 Å². The van der Waals surface area contributed by atoms with Crippen molar-refractivity contribution < 1.29 is 19.0 Å². The van der Waals surface area contributed by atoms with Gasteiger partial charge >= 0.3 is 0 Å². The van der Waals surface area contributed by atoms with Gasteiger partial charge in [0, 0.05) is 59.4 Å². The van der Waals surface area contributed by atoms with Crippen molar-refractivity contribution in [1.29, 1.82) is 0 Å². The van der Waals surface area contributed by atoms with Crippen molar-refractivity contribution in [3.05, 3.63) is 0 Å². The Balaban J connectivity index is 0.00000450. The number of ether oxygens (including phenoxy) is 3. The molecule has 1 amide bonds. The number of carbonyl (C=O) groups excluding carboxylic acids is 1. The highest BCUT2D eigenvalue weighted by Gasteiger charge is 2.15. The number of nitrogens with one attached hydrogen (secondary N) is 2. The van der Waals surface area contributed by atoms with Crippen LogP contribution in [-0.2, 0) is 19.0 Å². The zero-order valence-corrected chi connectivity index (χ0v) is 20.9. The van der Waals surface area contributed by atoms with Gasteiger partial charge in [-0.25, -0.2) is 4.99 Å². The summed E-state index contributed by atoms with van der Waals surface area (Å²) in [7, 11) is 3.49. The number of amides is 1. The summed E-state index contributed by atoms with van der Waals surface area (Å²) in [6, 6.07) is 0. The number of guanidine groups is 1. The molecule has 2 N–H and O–H groups in total. The minimum Gasteiger partial charge on any atom is -0.381 e. The Hall–Kier alpha value is -0.690. The van der Waals surface area contributed by atoms with E-state index in [2.05, 4.69) is 20.5 Å². The SMILES string of the molecule is CN(C)C(=O)CN=C(NCCCOCC1CCOC1)NCCCN1CCOCC1.I. The lowest BCUT2D eigenvalue weighted by molar-refractivity contribution is -0.127. The average molecular weight is 541 g/mol. The fourth-order valence-electron chi connectivity index (χ4n) is 3.14. The summed E-state index contributed by atoms with van der Waals surface area (Å²) in [6.45, 7) is 9.58. The second-order valence-corrected chi connectivity index (χ2v) is 7.77. The average Bonchev–Trinajstić information content (AvgIpc) is 3.25. The first-order valence-electron chi connectivity index (χ1n) is 10.8. The summed E-state index contributed by atoms with van der Waals surface area (Å²) in [4.78, 5) is 20.2. The molecule has 30 heavy (non-hydrogen) atoms. The normalized spacial score (nSPS) is 19.9. The van der Waals surface area contributed by atoms with Gasteiger partial charge in [-0.2, -0.15) is 0 Å². The van der Waals surface area contributed by atoms with Gasteiger partial charge in [0.15, 0.2) is 5.96 Å². The van der Waals surface area contributed by atoms with Crippen molar-refractivity contribution in [3.63, 3.8) is 0 Å². The van der Waals surface area contributed by atoms with Crippen molar-refractivity contribution in [1.82, 2.24) is 20.4 Å². The van der Waals surface area contributed by atoms with Gasteiger partial charge in [-0.3, -0.25) is 9.69 Å². The highest BCUT2D eigenvalue weighted by molar-refractivity contribution is 14.0. The van der Waals surface area contributed by atoms with E-state index < -0.39 is 0 Å². The Labute approximate surface area is 198 Å². The zero-order valence-electron chi connectivity index (χ0n) is 18.6. The van der Waals surface area contributed by atoms with Crippen LogP contribution in [0.5, 0.6) is 0 Å². The summed E-state index contributed by atoms with van der Waals surface area (Å²) in [5.41, 5.74) is 0. The van der Waals surface area contributed by atoms with Crippen molar-refractivity contribution in [2.45, 2.75) is 19.3 Å². The molecule has 0 bridgehead atoms. The molecule has 9 nitrogen and oxygen atoms in total. The molecule has 0 saturated carbocycles. The van der Waals surface area contributed by atoms with E-state index in [9.17, 15) is 4.79 Å². The predicted molar refractivity (Wildman–Crippen MR) is 129 cm³/mol. The van der Waals surface area contributed by atoms with Crippen molar-refractivity contribution in [2.75, 3.05) is 93.0 Å². The molecule has 2 rings (SSSR count). The third kappa shape index (κ3) is 12.2. The molecule has 0 aromatic carbocycles. The molecule has 0 aromatic heterocycles. The molecule has 2 heterocycles. The minimum atomic E-state index is -0.0125. The lowest BCUT2D eigenvalue weighted by Gasteiger charge is -2.26. The quantitative estimate of drug-likeness (QED) is 0.160. The van der Waals surface area contributed by atoms with Crippen molar-refractivity contribution >= 4 is 35.8 Å². The molecule has 10 heteroatoms. The minimum absolute atomic E-state index is 0. The Morgan fingerprint density at radius 3 is 2.53 bits per heavy atom. The van der Waals surface area contributed by atoms with Crippen LogP contribution in [-0.4, -0.2) is 115 Å². The number of morpholine rings is 1. The Morgan fingerprint density at radius 1 is 1.13 bits per heavy atom.